The standard InChI is InChI=1S/C30H34N6O9S/c31-28(32)22-8-1-20(2-9-22)17-33-29(40)25(15-16-27(38)39)34-30(41)26(14-7-19-5-12-24(37)13-6-19)35-46(44,45)18-21-3-10-23(11-4-21)36(42)43/h1-6,8-13,25-26,35,37H,7,14-18H2,(H3,31,32)(H,33,40)(H,34,41)(H,38,39)/t25-,26-/m1/s1. The molecular weight excluding hydrogens is 620 g/mol. The molecule has 2 amide bonds. The molecular formula is C30H34N6O9S. The number of carboxylic acid groups (broad SMARTS) is 1. The first-order chi connectivity index (χ1) is 21.7. The highest BCUT2D eigenvalue weighted by atomic mass is 32.2. The molecule has 0 saturated carbocycles. The third kappa shape index (κ3) is 11.3. The van der Waals surface area contributed by atoms with Crippen LogP contribution in [-0.4, -0.2) is 59.3 Å². The molecule has 0 radical (unpaired) electrons. The summed E-state index contributed by atoms with van der Waals surface area (Å²) in [6, 6.07) is 14.7. The second-order valence-corrected chi connectivity index (χ2v) is 12.1. The number of carboxylic acids is 1. The van der Waals surface area contributed by atoms with Crippen LogP contribution in [0.1, 0.15) is 41.5 Å². The normalized spacial score (nSPS) is 12.4. The number of phenols is 1. The van der Waals surface area contributed by atoms with Gasteiger partial charge in [0.15, 0.2) is 0 Å². The lowest BCUT2D eigenvalue weighted by atomic mass is 10.0. The lowest BCUT2D eigenvalue weighted by Gasteiger charge is -2.23. The van der Waals surface area contributed by atoms with Crippen molar-refractivity contribution in [3.8, 4) is 5.75 Å². The van der Waals surface area contributed by atoms with Crippen LogP contribution in [0.25, 0.3) is 0 Å². The molecule has 0 saturated heterocycles. The van der Waals surface area contributed by atoms with Crippen LogP contribution in [0.15, 0.2) is 72.8 Å². The zero-order valence-corrected chi connectivity index (χ0v) is 25.3. The maximum atomic E-state index is 13.5. The van der Waals surface area contributed by atoms with E-state index in [1.165, 1.54) is 24.3 Å². The summed E-state index contributed by atoms with van der Waals surface area (Å²) in [7, 11) is -4.20. The third-order valence-corrected chi connectivity index (χ3v) is 8.17. The molecule has 0 fully saturated rings. The number of nitrogens with two attached hydrogens (primary N) is 1. The molecule has 0 aromatic heterocycles. The Morgan fingerprint density at radius 2 is 1.46 bits per heavy atom. The summed E-state index contributed by atoms with van der Waals surface area (Å²) in [6.07, 6.45) is -0.612. The van der Waals surface area contributed by atoms with Gasteiger partial charge in [0.25, 0.3) is 5.69 Å². The highest BCUT2D eigenvalue weighted by Gasteiger charge is 2.29. The van der Waals surface area contributed by atoms with Crippen molar-refractivity contribution in [3.63, 3.8) is 0 Å². The van der Waals surface area contributed by atoms with Gasteiger partial charge in [-0.25, -0.2) is 13.1 Å². The maximum absolute atomic E-state index is 13.5. The van der Waals surface area contributed by atoms with Gasteiger partial charge in [0.2, 0.25) is 21.8 Å². The van der Waals surface area contributed by atoms with Crippen LogP contribution < -0.4 is 21.1 Å². The summed E-state index contributed by atoms with van der Waals surface area (Å²) in [5.74, 6) is -3.49. The van der Waals surface area contributed by atoms with Crippen LogP contribution in [0, 0.1) is 15.5 Å². The number of nitrogen functional groups attached to an aromatic ring is 1. The van der Waals surface area contributed by atoms with Gasteiger partial charge in [0, 0.05) is 30.7 Å². The number of nitrogens with one attached hydrogen (secondary N) is 4. The Hall–Kier alpha value is -5.35. The number of carbonyl (C=O) groups excluding carboxylic acids is 2. The summed E-state index contributed by atoms with van der Waals surface area (Å²) in [5.41, 5.74) is 7.27. The number of amidine groups is 1. The van der Waals surface area contributed by atoms with Crippen LogP contribution in [0.5, 0.6) is 5.75 Å². The minimum Gasteiger partial charge on any atom is -0.508 e. The number of rotatable bonds is 17. The van der Waals surface area contributed by atoms with Gasteiger partial charge in [0.1, 0.15) is 23.7 Å². The lowest BCUT2D eigenvalue weighted by molar-refractivity contribution is -0.384. The van der Waals surface area contributed by atoms with E-state index in [4.69, 9.17) is 11.1 Å². The van der Waals surface area contributed by atoms with E-state index in [1.54, 1.807) is 36.4 Å². The second-order valence-electron chi connectivity index (χ2n) is 10.4. The summed E-state index contributed by atoms with van der Waals surface area (Å²) in [5, 5.41) is 42.3. The number of hydrogen-bond donors (Lipinski definition) is 7. The molecule has 0 bridgehead atoms. The van der Waals surface area contributed by atoms with Crippen molar-refractivity contribution >= 4 is 39.3 Å². The summed E-state index contributed by atoms with van der Waals surface area (Å²) in [4.78, 5) is 48.2. The third-order valence-electron chi connectivity index (χ3n) is 6.81. The van der Waals surface area contributed by atoms with Crippen LogP contribution in [-0.2, 0) is 43.1 Å². The SMILES string of the molecule is N=C(N)c1ccc(CNC(=O)[C@@H](CCC(=O)O)NC(=O)[C@@H](CCc2ccc(O)cc2)NS(=O)(=O)Cc2ccc([N+](=O)[O-])cc2)cc1. The minimum absolute atomic E-state index is 0.0165. The van der Waals surface area contributed by atoms with E-state index >= 15 is 0 Å². The van der Waals surface area contributed by atoms with Crippen LogP contribution in [0.4, 0.5) is 5.69 Å². The molecule has 0 heterocycles. The molecule has 8 N–H and O–H groups in total. The number of amides is 2. The summed E-state index contributed by atoms with van der Waals surface area (Å²) < 4.78 is 28.6. The van der Waals surface area contributed by atoms with E-state index in [-0.39, 0.29) is 48.6 Å². The molecule has 0 spiro atoms. The van der Waals surface area contributed by atoms with Crippen molar-refractivity contribution < 1.29 is 37.9 Å². The fraction of sp³-hybridized carbons (Fsp3) is 0.267. The Bertz CT molecular complexity index is 1660. The van der Waals surface area contributed by atoms with E-state index in [1.807, 2.05) is 0 Å². The van der Waals surface area contributed by atoms with Crippen molar-refractivity contribution in [1.82, 2.24) is 15.4 Å². The number of aliphatic carboxylic acids is 1. The molecule has 0 aliphatic carbocycles. The van der Waals surface area contributed by atoms with E-state index in [0.29, 0.717) is 16.7 Å². The maximum Gasteiger partial charge on any atom is 0.303 e. The zero-order valence-electron chi connectivity index (χ0n) is 24.5. The smallest absolute Gasteiger partial charge is 0.303 e. The van der Waals surface area contributed by atoms with Gasteiger partial charge in [-0.2, -0.15) is 0 Å². The number of hydrogen-bond acceptors (Lipinski definition) is 9. The highest BCUT2D eigenvalue weighted by molar-refractivity contribution is 7.88. The molecule has 3 rings (SSSR count). The molecule has 16 heteroatoms. The molecule has 46 heavy (non-hydrogen) atoms. The number of carbonyl (C=O) groups is 3. The molecule has 15 nitrogen and oxygen atoms in total. The predicted molar refractivity (Wildman–Crippen MR) is 167 cm³/mol. The summed E-state index contributed by atoms with van der Waals surface area (Å²) in [6.45, 7) is 0.0165. The number of aryl methyl sites for hydroxylation is 1. The van der Waals surface area contributed by atoms with Crippen LogP contribution >= 0.6 is 0 Å². The molecule has 3 aromatic carbocycles. The zero-order chi connectivity index (χ0) is 33.9. The van der Waals surface area contributed by atoms with Gasteiger partial charge in [-0.15, -0.1) is 0 Å². The van der Waals surface area contributed by atoms with Crippen molar-refractivity contribution in [2.24, 2.45) is 5.73 Å². The monoisotopic (exact) mass is 654 g/mol. The molecule has 2 atom stereocenters. The number of phenolic OH excluding ortho intramolecular Hbond substituents is 1. The van der Waals surface area contributed by atoms with E-state index in [2.05, 4.69) is 15.4 Å². The lowest BCUT2D eigenvalue weighted by Crippen LogP contribution is -2.54. The van der Waals surface area contributed by atoms with E-state index < -0.39 is 57.0 Å². The van der Waals surface area contributed by atoms with Gasteiger partial charge >= 0.3 is 5.97 Å². The molecule has 3 aromatic rings. The molecule has 0 unspecified atom stereocenters. The number of nitro groups is 1. The molecule has 0 aliphatic rings. The van der Waals surface area contributed by atoms with E-state index in [0.717, 1.165) is 12.1 Å². The van der Waals surface area contributed by atoms with Gasteiger partial charge in [-0.3, -0.25) is 29.9 Å². The number of sulfonamides is 1. The van der Waals surface area contributed by atoms with Crippen molar-refractivity contribution in [2.45, 2.75) is 50.1 Å². The minimum atomic E-state index is -4.20. The van der Waals surface area contributed by atoms with Gasteiger partial charge in [-0.1, -0.05) is 48.5 Å². The average molecular weight is 655 g/mol. The number of benzene rings is 3. The fourth-order valence-electron chi connectivity index (χ4n) is 4.33. The first-order valence-electron chi connectivity index (χ1n) is 14.0. The Morgan fingerprint density at radius 3 is 2.02 bits per heavy atom. The van der Waals surface area contributed by atoms with Gasteiger partial charge < -0.3 is 26.6 Å². The van der Waals surface area contributed by atoms with Gasteiger partial charge in [-0.05, 0) is 48.1 Å². The van der Waals surface area contributed by atoms with Crippen LogP contribution in [0.3, 0.4) is 0 Å². The van der Waals surface area contributed by atoms with Crippen molar-refractivity contribution in [3.05, 3.63) is 105 Å². The van der Waals surface area contributed by atoms with Gasteiger partial charge in [0.05, 0.1) is 10.7 Å². The number of nitrogens with zero attached hydrogens (tertiary/aromatic N) is 1. The van der Waals surface area contributed by atoms with Crippen molar-refractivity contribution in [2.75, 3.05) is 0 Å². The Labute approximate surface area is 264 Å². The number of nitro benzene ring substituents is 1. The fourth-order valence-corrected chi connectivity index (χ4v) is 5.71. The Balaban J connectivity index is 1.77. The number of non-ortho nitro benzene ring substituents is 1. The molecule has 0 aliphatic heterocycles. The molecule has 244 valence electrons. The quantitative estimate of drug-likeness (QED) is 0.0479. The second kappa shape index (κ2) is 16.1. The largest absolute Gasteiger partial charge is 0.508 e. The topological polar surface area (TPSA) is 255 Å². The highest BCUT2D eigenvalue weighted by Crippen LogP contribution is 2.16. The predicted octanol–water partition coefficient (Wildman–Crippen LogP) is 1.67. The summed E-state index contributed by atoms with van der Waals surface area (Å²) >= 11 is 0. The van der Waals surface area contributed by atoms with Crippen LogP contribution in [0.2, 0.25) is 0 Å². The Morgan fingerprint density at radius 1 is 0.870 bits per heavy atom. The Kier molecular flexibility index (Phi) is 12.3. The van der Waals surface area contributed by atoms with Crippen molar-refractivity contribution in [1.29, 1.82) is 5.41 Å². The first kappa shape index (κ1) is 35.1. The first-order valence-corrected chi connectivity index (χ1v) is 15.6. The van der Waals surface area contributed by atoms with E-state index in [9.17, 15) is 43.1 Å². The average Bonchev–Trinajstić information content (AvgIpc) is 3.00. The number of aromatic hydroxyl groups is 1.